The van der Waals surface area contributed by atoms with Gasteiger partial charge in [-0.2, -0.15) is 0 Å². The molecule has 0 saturated carbocycles. The molecule has 0 radical (unpaired) electrons. The Labute approximate surface area is 199 Å². The zero-order chi connectivity index (χ0) is 22.0. The predicted octanol–water partition coefficient (Wildman–Crippen LogP) is 3.51. The van der Waals surface area contributed by atoms with Crippen molar-refractivity contribution in [1.29, 1.82) is 0 Å². The summed E-state index contributed by atoms with van der Waals surface area (Å²) in [6.07, 6.45) is 0. The van der Waals surface area contributed by atoms with Crippen LogP contribution >= 0.6 is 0 Å². The Morgan fingerprint density at radius 1 is 0.967 bits per heavy atom. The van der Waals surface area contributed by atoms with Gasteiger partial charge in [0.25, 0.3) is 0 Å². The Balaban J connectivity index is 0.00000320. The van der Waals surface area contributed by atoms with E-state index < -0.39 is 8.24 Å². The largest absolute Gasteiger partial charge is 1.00 e. The van der Waals surface area contributed by atoms with E-state index >= 15 is 0 Å². The van der Waals surface area contributed by atoms with E-state index in [0.717, 1.165) is 0 Å². The van der Waals surface area contributed by atoms with Gasteiger partial charge in [0.15, 0.2) is 0 Å². The summed E-state index contributed by atoms with van der Waals surface area (Å²) >= 11 is 0. The summed E-state index contributed by atoms with van der Waals surface area (Å²) in [5, 5.41) is 0. The minimum atomic E-state index is -1.78. The van der Waals surface area contributed by atoms with Crippen LogP contribution in [0.3, 0.4) is 0 Å². The number of benzene rings is 1. The number of hydrogen-bond donors (Lipinski definition) is 1. The number of rotatable bonds is 3. The number of hydrogen-bond acceptors (Lipinski definition) is 2. The molecule has 162 valence electrons. The van der Waals surface area contributed by atoms with Crippen molar-refractivity contribution < 1.29 is 18.9 Å². The fourth-order valence-electron chi connectivity index (χ4n) is 6.34. The maximum Gasteiger partial charge on any atom is 1.00 e. The number of nitrogens with one attached hydrogen (secondary N) is 1. The van der Waals surface area contributed by atoms with E-state index in [1.807, 2.05) is 0 Å². The molecule has 1 aromatic rings. The van der Waals surface area contributed by atoms with E-state index in [9.17, 15) is 0 Å². The Morgan fingerprint density at radius 3 is 2.00 bits per heavy atom. The van der Waals surface area contributed by atoms with Crippen molar-refractivity contribution in [1.82, 2.24) is 9.88 Å². The Bertz CT molecular complexity index is 834. The van der Waals surface area contributed by atoms with E-state index in [1.165, 1.54) is 28.0 Å². The smallest absolute Gasteiger partial charge is 0.415 e. The third-order valence-corrected chi connectivity index (χ3v) is 11.3. The molecule has 0 fully saturated rings. The van der Waals surface area contributed by atoms with Crippen LogP contribution in [-0.2, 0) is 0 Å². The second kappa shape index (κ2) is 8.47. The molecular weight excluding hydrogens is 375 g/mol. The molecule has 4 heteroatoms. The third-order valence-electron chi connectivity index (χ3n) is 7.74. The van der Waals surface area contributed by atoms with E-state index in [4.69, 9.17) is 0 Å². The molecule has 5 unspecified atom stereocenters. The predicted molar refractivity (Wildman–Crippen MR) is 130 cm³/mol. The van der Waals surface area contributed by atoms with Crippen molar-refractivity contribution in [2.75, 3.05) is 14.1 Å². The van der Waals surface area contributed by atoms with Gasteiger partial charge in [0.1, 0.15) is 8.24 Å². The van der Waals surface area contributed by atoms with Crippen molar-refractivity contribution in [3.63, 3.8) is 0 Å². The van der Waals surface area contributed by atoms with Crippen molar-refractivity contribution in [2.45, 2.75) is 91.4 Å². The summed E-state index contributed by atoms with van der Waals surface area (Å²) in [6.45, 7) is 24.0. The molecule has 2 aliphatic rings. The summed E-state index contributed by atoms with van der Waals surface area (Å²) in [7, 11) is 2.61. The number of nitrogens with zero attached hydrogens (tertiary/aromatic N) is 1. The number of fused-ring (bicyclic) bond motifs is 2. The van der Waals surface area contributed by atoms with Crippen LogP contribution in [0.25, 0.3) is 5.70 Å². The van der Waals surface area contributed by atoms with Gasteiger partial charge in [-0.15, -0.1) is 34.4 Å². The maximum atomic E-state index is 4.06. The molecule has 0 saturated heterocycles. The van der Waals surface area contributed by atoms with Crippen LogP contribution in [-0.4, -0.2) is 32.8 Å². The van der Waals surface area contributed by atoms with Crippen molar-refractivity contribution in [3.05, 3.63) is 40.0 Å². The van der Waals surface area contributed by atoms with E-state index in [-0.39, 0.29) is 24.4 Å². The van der Waals surface area contributed by atoms with Gasteiger partial charge in [0.2, 0.25) is 0 Å². The molecule has 3 rings (SSSR count). The quantitative estimate of drug-likeness (QED) is 0.597. The molecule has 0 amide bonds. The molecule has 2 nitrogen and oxygen atoms in total. The first-order valence-electron chi connectivity index (χ1n) is 11.4. The zero-order valence-electron chi connectivity index (χ0n) is 21.9. The molecule has 0 heterocycles. The van der Waals surface area contributed by atoms with E-state index in [2.05, 4.69) is 105 Å². The van der Waals surface area contributed by atoms with Gasteiger partial charge < -0.3 is 9.88 Å². The Kier molecular flexibility index (Phi) is 7.28. The second-order valence-electron chi connectivity index (χ2n) is 11.7. The monoisotopic (exact) mass is 418 g/mol. The third kappa shape index (κ3) is 4.25. The van der Waals surface area contributed by atoms with Crippen LogP contribution in [0, 0.1) is 17.9 Å². The first kappa shape index (κ1) is 25.8. The summed E-state index contributed by atoms with van der Waals surface area (Å²) in [5.41, 5.74) is 9.47. The first-order chi connectivity index (χ1) is 13.2. The molecule has 1 aromatic carbocycles. The standard InChI is InChI=1S/C26H43N2Si.Li/c1-15-16(2)18(4)21-14-23-22(13-20(21)17(15)3)24(28(9)10)19(5)25(23)29(11,12)27-26(6,7)8;/h14-18,25,27H,1-12H3;/q-1;+1. The Morgan fingerprint density at radius 2 is 1.50 bits per heavy atom. The molecule has 0 aromatic heterocycles. The van der Waals surface area contributed by atoms with Gasteiger partial charge in [0.05, 0.1) is 0 Å². The fourth-order valence-corrected chi connectivity index (χ4v) is 10.6. The van der Waals surface area contributed by atoms with Crippen LogP contribution in [0.4, 0.5) is 0 Å². The van der Waals surface area contributed by atoms with Gasteiger partial charge in [0, 0.05) is 5.54 Å². The van der Waals surface area contributed by atoms with Crippen LogP contribution < -0.4 is 23.8 Å². The normalized spacial score (nSPS) is 28.7. The second-order valence-corrected chi connectivity index (χ2v) is 16.0. The van der Waals surface area contributed by atoms with Gasteiger partial charge in [-0.25, -0.2) is 0 Å². The van der Waals surface area contributed by atoms with Gasteiger partial charge in [-0.05, 0) is 63.9 Å². The van der Waals surface area contributed by atoms with Crippen molar-refractivity contribution >= 4 is 13.9 Å². The van der Waals surface area contributed by atoms with Crippen molar-refractivity contribution in [3.8, 4) is 0 Å². The van der Waals surface area contributed by atoms with Crippen molar-refractivity contribution in [2.24, 2.45) is 11.8 Å². The molecule has 5 atom stereocenters. The van der Waals surface area contributed by atoms with Gasteiger partial charge in [-0.1, -0.05) is 59.2 Å². The van der Waals surface area contributed by atoms with Crippen LogP contribution in [0.1, 0.15) is 95.0 Å². The van der Waals surface area contributed by atoms with Crippen LogP contribution in [0.2, 0.25) is 13.1 Å². The summed E-state index contributed by atoms with van der Waals surface area (Å²) < 4.78 is 0. The zero-order valence-corrected chi connectivity index (χ0v) is 22.9. The first-order valence-corrected chi connectivity index (χ1v) is 14.5. The molecule has 0 bridgehead atoms. The summed E-state index contributed by atoms with van der Waals surface area (Å²) in [5.74, 6) is 2.58. The van der Waals surface area contributed by atoms with E-state index in [1.54, 1.807) is 5.56 Å². The topological polar surface area (TPSA) is 15.3 Å². The fraction of sp³-hybridized carbons (Fsp3) is 0.692. The molecular formula is C26H43LiN2Si. The van der Waals surface area contributed by atoms with Gasteiger partial charge in [-0.3, -0.25) is 0 Å². The molecule has 0 aliphatic heterocycles. The number of allylic oxidation sites excluding steroid dienone is 1. The SMILES string of the molecule is CC1=C(N(C)C)c2[c-]c3c(cc2C1[Si](C)(C)NC(C)(C)C)C(C)C(C)C(C)C3C.[Li+]. The maximum absolute atomic E-state index is 4.06. The average Bonchev–Trinajstić information content (AvgIpc) is 2.86. The van der Waals surface area contributed by atoms with Gasteiger partial charge >= 0.3 is 18.9 Å². The average molecular weight is 419 g/mol. The van der Waals surface area contributed by atoms with Crippen LogP contribution in [0.5, 0.6) is 0 Å². The minimum Gasteiger partial charge on any atom is -0.415 e. The molecule has 30 heavy (non-hydrogen) atoms. The summed E-state index contributed by atoms with van der Waals surface area (Å²) in [6, 6.07) is 6.59. The molecule has 1 N–H and O–H groups in total. The molecule has 0 spiro atoms. The van der Waals surface area contributed by atoms with Crippen LogP contribution in [0.15, 0.2) is 11.6 Å². The summed E-state index contributed by atoms with van der Waals surface area (Å²) in [4.78, 5) is 6.38. The van der Waals surface area contributed by atoms with E-state index in [0.29, 0.717) is 29.2 Å². The Hall–Kier alpha value is -0.466. The minimum absolute atomic E-state index is 0. The molecule has 2 aliphatic carbocycles.